The van der Waals surface area contributed by atoms with Gasteiger partial charge < -0.3 is 15.5 Å². The second-order valence-corrected chi connectivity index (χ2v) is 4.27. The summed E-state index contributed by atoms with van der Waals surface area (Å²) in [6, 6.07) is 7.84. The molecule has 1 amide bonds. The van der Waals surface area contributed by atoms with Gasteiger partial charge in [0, 0.05) is 38.3 Å². The minimum Gasteiger partial charge on any atom is -0.336 e. The molecule has 1 saturated heterocycles. The van der Waals surface area contributed by atoms with Crippen LogP contribution in [0.15, 0.2) is 24.3 Å². The van der Waals surface area contributed by atoms with Gasteiger partial charge in [0.1, 0.15) is 0 Å². The number of rotatable bonds is 3. The van der Waals surface area contributed by atoms with Crippen LogP contribution in [-0.2, 0) is 6.54 Å². The zero-order chi connectivity index (χ0) is 12.1. The largest absolute Gasteiger partial charge is 0.336 e. The summed E-state index contributed by atoms with van der Waals surface area (Å²) in [6.45, 7) is 4.23. The summed E-state index contributed by atoms with van der Waals surface area (Å²) in [5, 5.41) is 6.34. The van der Waals surface area contributed by atoms with Crippen LogP contribution in [0, 0.1) is 0 Å². The molecule has 0 unspecified atom stereocenters. The van der Waals surface area contributed by atoms with E-state index in [1.807, 2.05) is 36.2 Å². The summed E-state index contributed by atoms with van der Waals surface area (Å²) < 4.78 is 0. The fourth-order valence-electron chi connectivity index (χ4n) is 2.02. The normalized spacial score (nSPS) is 15.9. The van der Waals surface area contributed by atoms with Crippen molar-refractivity contribution in [3.8, 4) is 0 Å². The highest BCUT2D eigenvalue weighted by Crippen LogP contribution is 2.08. The van der Waals surface area contributed by atoms with Gasteiger partial charge >= 0.3 is 0 Å². The third-order valence-electron chi connectivity index (χ3n) is 2.99. The van der Waals surface area contributed by atoms with Crippen molar-refractivity contribution in [2.45, 2.75) is 6.54 Å². The molecule has 92 valence electrons. The van der Waals surface area contributed by atoms with Gasteiger partial charge in [-0.25, -0.2) is 0 Å². The number of carbonyl (C=O) groups is 1. The molecule has 1 aromatic rings. The molecule has 0 atom stereocenters. The van der Waals surface area contributed by atoms with E-state index in [1.54, 1.807) is 0 Å². The molecule has 1 aromatic carbocycles. The maximum absolute atomic E-state index is 12.2. The standard InChI is InChI=1S/C13H19N3O/c1-14-10-11-2-4-12(5-3-11)13(17)16-8-6-15-7-9-16/h2-5,14-15H,6-10H2,1H3. The smallest absolute Gasteiger partial charge is 0.253 e. The SMILES string of the molecule is CNCc1ccc(C(=O)N2CCNCC2)cc1. The lowest BCUT2D eigenvalue weighted by molar-refractivity contribution is 0.0736. The molecule has 0 bridgehead atoms. The van der Waals surface area contributed by atoms with Crippen molar-refractivity contribution in [3.63, 3.8) is 0 Å². The fourth-order valence-corrected chi connectivity index (χ4v) is 2.02. The summed E-state index contributed by atoms with van der Waals surface area (Å²) in [7, 11) is 1.92. The van der Waals surface area contributed by atoms with Gasteiger partial charge in [-0.2, -0.15) is 0 Å². The van der Waals surface area contributed by atoms with E-state index >= 15 is 0 Å². The third-order valence-corrected chi connectivity index (χ3v) is 2.99. The van der Waals surface area contributed by atoms with Crippen LogP contribution in [-0.4, -0.2) is 44.0 Å². The fraction of sp³-hybridized carbons (Fsp3) is 0.462. The van der Waals surface area contributed by atoms with Gasteiger partial charge in [-0.1, -0.05) is 12.1 Å². The van der Waals surface area contributed by atoms with Crippen LogP contribution in [0.4, 0.5) is 0 Å². The molecule has 0 aromatic heterocycles. The number of amides is 1. The molecular formula is C13H19N3O. The van der Waals surface area contributed by atoms with E-state index in [2.05, 4.69) is 10.6 Å². The summed E-state index contributed by atoms with van der Waals surface area (Å²) in [6.07, 6.45) is 0. The topological polar surface area (TPSA) is 44.4 Å². The van der Waals surface area contributed by atoms with Crippen molar-refractivity contribution in [2.24, 2.45) is 0 Å². The molecule has 2 N–H and O–H groups in total. The van der Waals surface area contributed by atoms with Crippen LogP contribution in [0.1, 0.15) is 15.9 Å². The number of nitrogens with one attached hydrogen (secondary N) is 2. The highest BCUT2D eigenvalue weighted by molar-refractivity contribution is 5.94. The van der Waals surface area contributed by atoms with E-state index in [0.29, 0.717) is 0 Å². The molecule has 1 aliphatic heterocycles. The molecule has 0 aliphatic carbocycles. The zero-order valence-corrected chi connectivity index (χ0v) is 10.2. The van der Waals surface area contributed by atoms with E-state index in [9.17, 15) is 4.79 Å². The minimum absolute atomic E-state index is 0.141. The summed E-state index contributed by atoms with van der Waals surface area (Å²) >= 11 is 0. The van der Waals surface area contributed by atoms with Gasteiger partial charge in [-0.15, -0.1) is 0 Å². The summed E-state index contributed by atoms with van der Waals surface area (Å²) in [4.78, 5) is 14.1. The van der Waals surface area contributed by atoms with Crippen molar-refractivity contribution >= 4 is 5.91 Å². The number of nitrogens with zero attached hydrogens (tertiary/aromatic N) is 1. The van der Waals surface area contributed by atoms with Gasteiger partial charge in [0.25, 0.3) is 5.91 Å². The van der Waals surface area contributed by atoms with Gasteiger partial charge in [-0.3, -0.25) is 4.79 Å². The second-order valence-electron chi connectivity index (χ2n) is 4.27. The third kappa shape index (κ3) is 3.05. The highest BCUT2D eigenvalue weighted by Gasteiger charge is 2.17. The van der Waals surface area contributed by atoms with Crippen molar-refractivity contribution in [3.05, 3.63) is 35.4 Å². The van der Waals surface area contributed by atoms with Gasteiger partial charge in [0.15, 0.2) is 0 Å². The maximum atomic E-state index is 12.2. The highest BCUT2D eigenvalue weighted by atomic mass is 16.2. The Bertz CT molecular complexity index is 369. The zero-order valence-electron chi connectivity index (χ0n) is 10.2. The summed E-state index contributed by atoms with van der Waals surface area (Å²) in [5.74, 6) is 0.141. The first-order valence-electron chi connectivity index (χ1n) is 6.05. The second kappa shape index (κ2) is 5.80. The minimum atomic E-state index is 0.141. The lowest BCUT2D eigenvalue weighted by Gasteiger charge is -2.27. The van der Waals surface area contributed by atoms with Crippen LogP contribution in [0.3, 0.4) is 0 Å². The number of benzene rings is 1. The molecule has 1 aliphatic rings. The lowest BCUT2D eigenvalue weighted by atomic mass is 10.1. The molecular weight excluding hydrogens is 214 g/mol. The van der Waals surface area contributed by atoms with E-state index < -0.39 is 0 Å². The van der Waals surface area contributed by atoms with Gasteiger partial charge in [0.2, 0.25) is 0 Å². The van der Waals surface area contributed by atoms with Crippen molar-refractivity contribution in [2.75, 3.05) is 33.2 Å². The van der Waals surface area contributed by atoms with E-state index in [-0.39, 0.29) is 5.91 Å². The van der Waals surface area contributed by atoms with E-state index in [4.69, 9.17) is 0 Å². The van der Waals surface area contributed by atoms with Crippen LogP contribution >= 0.6 is 0 Å². The maximum Gasteiger partial charge on any atom is 0.253 e. The van der Waals surface area contributed by atoms with Crippen LogP contribution in [0.5, 0.6) is 0 Å². The molecule has 4 heteroatoms. The predicted molar refractivity (Wildman–Crippen MR) is 68.0 cm³/mol. The van der Waals surface area contributed by atoms with Gasteiger partial charge in [0.05, 0.1) is 0 Å². The van der Waals surface area contributed by atoms with Crippen molar-refractivity contribution in [1.82, 2.24) is 15.5 Å². The Balaban J connectivity index is 2.03. The number of hydrogen-bond donors (Lipinski definition) is 2. The Kier molecular flexibility index (Phi) is 4.12. The average Bonchev–Trinajstić information content (AvgIpc) is 2.40. The first kappa shape index (κ1) is 12.1. The molecule has 0 spiro atoms. The van der Waals surface area contributed by atoms with E-state index in [1.165, 1.54) is 5.56 Å². The Morgan fingerprint density at radius 1 is 1.29 bits per heavy atom. The monoisotopic (exact) mass is 233 g/mol. The molecule has 2 rings (SSSR count). The molecule has 4 nitrogen and oxygen atoms in total. The van der Waals surface area contributed by atoms with Crippen molar-refractivity contribution < 1.29 is 4.79 Å². The Labute approximate surface area is 102 Å². The lowest BCUT2D eigenvalue weighted by Crippen LogP contribution is -2.46. The molecule has 1 heterocycles. The first-order chi connectivity index (χ1) is 8.31. The molecule has 0 saturated carbocycles. The predicted octanol–water partition coefficient (Wildman–Crippen LogP) is 0.451. The Hall–Kier alpha value is -1.39. The van der Waals surface area contributed by atoms with E-state index in [0.717, 1.165) is 38.3 Å². The average molecular weight is 233 g/mol. The first-order valence-corrected chi connectivity index (χ1v) is 6.05. The Morgan fingerprint density at radius 3 is 2.53 bits per heavy atom. The van der Waals surface area contributed by atoms with Gasteiger partial charge in [-0.05, 0) is 24.7 Å². The number of hydrogen-bond acceptors (Lipinski definition) is 3. The van der Waals surface area contributed by atoms with Crippen molar-refractivity contribution in [1.29, 1.82) is 0 Å². The Morgan fingerprint density at radius 2 is 1.94 bits per heavy atom. The number of carbonyl (C=O) groups excluding carboxylic acids is 1. The molecule has 17 heavy (non-hydrogen) atoms. The van der Waals surface area contributed by atoms with Crippen LogP contribution < -0.4 is 10.6 Å². The molecule has 1 fully saturated rings. The quantitative estimate of drug-likeness (QED) is 0.797. The molecule has 0 radical (unpaired) electrons. The van der Waals surface area contributed by atoms with Crippen LogP contribution in [0.25, 0.3) is 0 Å². The summed E-state index contributed by atoms with van der Waals surface area (Å²) in [5.41, 5.74) is 1.98. The number of piperazine rings is 1. The van der Waals surface area contributed by atoms with Crippen LogP contribution in [0.2, 0.25) is 0 Å².